The third kappa shape index (κ3) is 11.3. The Balaban J connectivity index is 2.12. The zero-order valence-corrected chi connectivity index (χ0v) is 26.7. The minimum atomic E-state index is -1.27. The van der Waals surface area contributed by atoms with Crippen molar-refractivity contribution in [2.75, 3.05) is 52.4 Å². The lowest BCUT2D eigenvalue weighted by molar-refractivity contribution is -0.150. The summed E-state index contributed by atoms with van der Waals surface area (Å²) in [5.41, 5.74) is 11.4. The van der Waals surface area contributed by atoms with Gasteiger partial charge in [0.25, 0.3) is 0 Å². The van der Waals surface area contributed by atoms with Crippen LogP contribution >= 0.6 is 0 Å². The lowest BCUT2D eigenvalue weighted by Gasteiger charge is -2.38. The number of likely N-dealkylation sites (N-methyl/N-ethyl adjacent to an activating group) is 1. The van der Waals surface area contributed by atoms with Crippen LogP contribution in [0.2, 0.25) is 0 Å². The van der Waals surface area contributed by atoms with Gasteiger partial charge in [-0.1, -0.05) is 58.0 Å². The third-order valence-electron chi connectivity index (χ3n) is 7.97. The fourth-order valence-electron chi connectivity index (χ4n) is 5.55. The maximum absolute atomic E-state index is 14.0. The summed E-state index contributed by atoms with van der Waals surface area (Å²) in [7, 11) is 0. The number of hydrogen-bond acceptors (Lipinski definition) is 6. The van der Waals surface area contributed by atoms with Crippen molar-refractivity contribution in [3.63, 3.8) is 0 Å². The van der Waals surface area contributed by atoms with E-state index in [4.69, 9.17) is 11.5 Å². The van der Waals surface area contributed by atoms with Crippen LogP contribution in [0.15, 0.2) is 35.3 Å². The highest BCUT2D eigenvalue weighted by molar-refractivity contribution is 5.93. The molecular formula is C31H52N8O5. The van der Waals surface area contributed by atoms with Crippen LogP contribution in [0.3, 0.4) is 0 Å². The molecule has 0 saturated carbocycles. The van der Waals surface area contributed by atoms with E-state index in [0.717, 1.165) is 24.8 Å². The van der Waals surface area contributed by atoms with E-state index in [-0.39, 0.29) is 43.3 Å². The highest BCUT2D eigenvalue weighted by Gasteiger charge is 2.40. The van der Waals surface area contributed by atoms with E-state index in [1.807, 2.05) is 62.9 Å². The second-order valence-electron chi connectivity index (χ2n) is 11.4. The summed E-state index contributed by atoms with van der Waals surface area (Å²) in [4.78, 5) is 62.1. The van der Waals surface area contributed by atoms with Crippen LogP contribution in [0.1, 0.15) is 52.5 Å². The Hall–Kier alpha value is -3.87. The summed E-state index contributed by atoms with van der Waals surface area (Å²) >= 11 is 0. The van der Waals surface area contributed by atoms with Gasteiger partial charge < -0.3 is 37.0 Å². The maximum Gasteiger partial charge on any atom is 0.317 e. The van der Waals surface area contributed by atoms with Gasteiger partial charge in [0.1, 0.15) is 6.04 Å². The quantitative estimate of drug-likeness (QED) is 0.0977. The predicted octanol–water partition coefficient (Wildman–Crippen LogP) is 1.08. The largest absolute Gasteiger partial charge is 0.481 e. The van der Waals surface area contributed by atoms with Gasteiger partial charge in [-0.25, -0.2) is 4.79 Å². The molecule has 1 aromatic carbocycles. The Morgan fingerprint density at radius 1 is 0.955 bits per heavy atom. The number of hydrogen-bond donors (Lipinski definition) is 5. The van der Waals surface area contributed by atoms with E-state index in [1.54, 1.807) is 9.80 Å². The van der Waals surface area contributed by atoms with E-state index in [0.29, 0.717) is 39.3 Å². The molecule has 44 heavy (non-hydrogen) atoms. The number of benzene rings is 1. The second kappa shape index (κ2) is 18.7. The number of carboxylic acids is 1. The van der Waals surface area contributed by atoms with E-state index in [2.05, 4.69) is 15.6 Å². The van der Waals surface area contributed by atoms with Crippen LogP contribution < -0.4 is 22.1 Å². The number of aliphatic imine (C=N–C) groups is 1. The Kier molecular flexibility index (Phi) is 15.5. The first-order chi connectivity index (χ1) is 21.0. The molecule has 1 aromatic rings. The Morgan fingerprint density at radius 2 is 1.57 bits per heavy atom. The fourth-order valence-corrected chi connectivity index (χ4v) is 5.55. The number of unbranched alkanes of at least 4 members (excludes halogenated alkanes) is 2. The monoisotopic (exact) mass is 616 g/mol. The molecule has 0 radical (unpaired) electrons. The van der Waals surface area contributed by atoms with Crippen LogP contribution in [-0.4, -0.2) is 114 Å². The average Bonchev–Trinajstić information content (AvgIpc) is 3.00. The van der Waals surface area contributed by atoms with Gasteiger partial charge in [0.15, 0.2) is 5.96 Å². The summed E-state index contributed by atoms with van der Waals surface area (Å²) in [6.45, 7) is 11.2. The van der Waals surface area contributed by atoms with Crippen molar-refractivity contribution in [2.24, 2.45) is 28.3 Å². The molecule has 2 rings (SSSR count). The van der Waals surface area contributed by atoms with Gasteiger partial charge >= 0.3 is 12.0 Å². The molecule has 4 amide bonds. The van der Waals surface area contributed by atoms with Crippen molar-refractivity contribution in [3.05, 3.63) is 35.9 Å². The van der Waals surface area contributed by atoms with Gasteiger partial charge in [-0.3, -0.25) is 24.3 Å². The number of carbonyl (C=O) groups is 4. The fraction of sp³-hybridized carbons (Fsp3) is 0.645. The van der Waals surface area contributed by atoms with Crippen molar-refractivity contribution >= 4 is 29.8 Å². The lowest BCUT2D eigenvalue weighted by Crippen LogP contribution is -2.62. The van der Waals surface area contributed by atoms with Crippen LogP contribution in [0, 0.1) is 11.8 Å². The number of piperazine rings is 1. The summed E-state index contributed by atoms with van der Waals surface area (Å²) in [6, 6.07) is 7.10. The number of carbonyl (C=O) groups excluding carboxylic acids is 3. The van der Waals surface area contributed by atoms with Crippen molar-refractivity contribution in [1.29, 1.82) is 0 Å². The number of urea groups is 1. The second-order valence-corrected chi connectivity index (χ2v) is 11.4. The minimum Gasteiger partial charge on any atom is -0.481 e. The molecule has 1 saturated heterocycles. The van der Waals surface area contributed by atoms with Crippen LogP contribution in [0.25, 0.3) is 0 Å². The molecule has 1 fully saturated rings. The molecule has 13 nitrogen and oxygen atoms in total. The summed E-state index contributed by atoms with van der Waals surface area (Å²) in [6.07, 6.45) is 2.56. The predicted molar refractivity (Wildman–Crippen MR) is 171 cm³/mol. The Morgan fingerprint density at radius 3 is 2.11 bits per heavy atom. The summed E-state index contributed by atoms with van der Waals surface area (Å²) < 4.78 is 0. The molecule has 1 aliphatic rings. The first-order valence-electron chi connectivity index (χ1n) is 15.7. The summed E-state index contributed by atoms with van der Waals surface area (Å²) in [5, 5.41) is 16.1. The zero-order valence-electron chi connectivity index (χ0n) is 26.7. The van der Waals surface area contributed by atoms with Crippen molar-refractivity contribution < 1.29 is 24.3 Å². The number of carboxylic acid groups (broad SMARTS) is 1. The van der Waals surface area contributed by atoms with Crippen LogP contribution in [0.5, 0.6) is 0 Å². The average molecular weight is 617 g/mol. The molecule has 3 atom stereocenters. The first kappa shape index (κ1) is 36.3. The van der Waals surface area contributed by atoms with E-state index < -0.39 is 29.9 Å². The normalized spacial score (nSPS) is 15.4. The van der Waals surface area contributed by atoms with Gasteiger partial charge in [-0.05, 0) is 50.3 Å². The molecule has 0 aromatic heterocycles. The SMILES string of the molecule is CCN(CC)C(C(=O)N[C@@H](C(=O)N1CCN(C(=O)NCCCCCN=C(N)N)CC1)C(Cc1ccccc1)C(=O)O)C(C)C. The van der Waals surface area contributed by atoms with Crippen molar-refractivity contribution in [2.45, 2.75) is 65.5 Å². The molecule has 246 valence electrons. The van der Waals surface area contributed by atoms with Gasteiger partial charge in [-0.15, -0.1) is 0 Å². The van der Waals surface area contributed by atoms with Crippen LogP contribution in [-0.2, 0) is 20.8 Å². The van der Waals surface area contributed by atoms with Crippen molar-refractivity contribution in [3.8, 4) is 0 Å². The molecule has 1 aliphatic heterocycles. The number of nitrogens with one attached hydrogen (secondary N) is 2. The molecule has 7 N–H and O–H groups in total. The van der Waals surface area contributed by atoms with Crippen molar-refractivity contribution in [1.82, 2.24) is 25.3 Å². The van der Waals surface area contributed by atoms with E-state index >= 15 is 0 Å². The number of guanidine groups is 1. The highest BCUT2D eigenvalue weighted by Crippen LogP contribution is 2.19. The molecule has 2 unspecified atom stereocenters. The number of rotatable bonds is 17. The van der Waals surface area contributed by atoms with Gasteiger partial charge in [0.2, 0.25) is 11.8 Å². The Bertz CT molecular complexity index is 1080. The first-order valence-corrected chi connectivity index (χ1v) is 15.7. The smallest absolute Gasteiger partial charge is 0.317 e. The van der Waals surface area contributed by atoms with Gasteiger partial charge in [-0.2, -0.15) is 0 Å². The zero-order chi connectivity index (χ0) is 32.6. The number of nitrogens with zero attached hydrogens (tertiary/aromatic N) is 4. The van der Waals surface area contributed by atoms with Gasteiger partial charge in [0, 0.05) is 39.3 Å². The lowest BCUT2D eigenvalue weighted by atomic mass is 9.90. The van der Waals surface area contributed by atoms with Crippen LogP contribution in [0.4, 0.5) is 4.79 Å². The minimum absolute atomic E-state index is 0.0525. The maximum atomic E-state index is 14.0. The topological polar surface area (TPSA) is 187 Å². The number of nitrogens with two attached hydrogens (primary N) is 2. The van der Waals surface area contributed by atoms with Gasteiger partial charge in [0.05, 0.1) is 12.0 Å². The Labute approximate surface area is 261 Å². The molecule has 0 spiro atoms. The highest BCUT2D eigenvalue weighted by atomic mass is 16.4. The molecule has 0 bridgehead atoms. The standard InChI is InChI=1S/C31H52N8O5/c1-5-37(6-2)26(22(3)4)27(40)36-25(24(29(42)43)21-23-13-9-7-10-14-23)28(41)38-17-19-39(20-18-38)31(44)35-16-12-8-11-15-34-30(32)33/h7,9-10,13-14,22,24-26H,5-6,8,11-12,15-21H2,1-4H3,(H,35,44)(H,36,40)(H,42,43)(H4,32,33,34)/t24?,25-,26?/m1/s1. The molecular weight excluding hydrogens is 564 g/mol. The summed E-state index contributed by atoms with van der Waals surface area (Å²) in [5.74, 6) is -3.14. The molecule has 1 heterocycles. The third-order valence-corrected chi connectivity index (χ3v) is 7.97. The number of aliphatic carboxylic acids is 1. The van der Waals surface area contributed by atoms with E-state index in [1.165, 1.54) is 0 Å². The van der Waals surface area contributed by atoms with E-state index in [9.17, 15) is 24.3 Å². The number of amides is 4. The molecule has 0 aliphatic carbocycles. The molecule has 13 heteroatoms.